The van der Waals surface area contributed by atoms with E-state index in [9.17, 15) is 15.3 Å². The van der Waals surface area contributed by atoms with Gasteiger partial charge in [0, 0.05) is 0 Å². The van der Waals surface area contributed by atoms with E-state index in [1.54, 1.807) is 12.1 Å². The molecule has 2 aliphatic heterocycles. The Morgan fingerprint density at radius 1 is 0.545 bits per heavy atom. The number of hydrogen-bond donors (Lipinski definition) is 3. The van der Waals surface area contributed by atoms with Crippen LogP contribution in [0, 0.1) is 0 Å². The zero-order valence-electron chi connectivity index (χ0n) is 18.0. The molecule has 3 N–H and O–H groups in total. The quantitative estimate of drug-likeness (QED) is 0.281. The van der Waals surface area contributed by atoms with Gasteiger partial charge < -0.3 is 24.8 Å². The topological polar surface area (TPSA) is 79.2 Å². The van der Waals surface area contributed by atoms with Gasteiger partial charge in [-0.05, 0) is 90.4 Å². The standard InChI is InChI=1S/C28H24O5/c29-24-14-9-20-5-4-19-2-1-3-23(16-19)33-28-21(11-15-25(30)27(28)31)10-6-18-7-12-22(13-8-18)32-26(24)17-20/h1-3,7-9,11-17,29-31H,4-6,10H2. The number of phenolic OH excluding ortho intramolecular Hbond substituents is 3. The third-order valence-electron chi connectivity index (χ3n) is 5.87. The molecule has 2 aliphatic rings. The number of ether oxygens (including phenoxy) is 2. The summed E-state index contributed by atoms with van der Waals surface area (Å²) in [7, 11) is 0. The first kappa shape index (κ1) is 20.8. The molecule has 0 fully saturated rings. The third-order valence-corrected chi connectivity index (χ3v) is 5.87. The smallest absolute Gasteiger partial charge is 0.201 e. The van der Waals surface area contributed by atoms with Crippen LogP contribution >= 0.6 is 0 Å². The minimum Gasteiger partial charge on any atom is -0.504 e. The van der Waals surface area contributed by atoms with Crippen LogP contribution in [0.1, 0.15) is 22.3 Å². The fourth-order valence-corrected chi connectivity index (χ4v) is 4.01. The van der Waals surface area contributed by atoms with Gasteiger partial charge in [0.1, 0.15) is 11.5 Å². The highest BCUT2D eigenvalue weighted by atomic mass is 16.5. The van der Waals surface area contributed by atoms with Crippen molar-refractivity contribution in [2.24, 2.45) is 0 Å². The van der Waals surface area contributed by atoms with Crippen LogP contribution in [-0.2, 0) is 25.7 Å². The van der Waals surface area contributed by atoms with Gasteiger partial charge in [0.15, 0.2) is 23.0 Å². The minimum absolute atomic E-state index is 0.104. The molecule has 0 atom stereocenters. The summed E-state index contributed by atoms with van der Waals surface area (Å²) in [4.78, 5) is 0. The zero-order chi connectivity index (χ0) is 22.8. The fraction of sp³-hybridized carbons (Fsp3) is 0.143. The first-order valence-electron chi connectivity index (χ1n) is 10.9. The van der Waals surface area contributed by atoms with Crippen molar-refractivity contribution < 1.29 is 24.8 Å². The van der Waals surface area contributed by atoms with Crippen LogP contribution in [0.2, 0.25) is 0 Å². The van der Waals surface area contributed by atoms with E-state index >= 15 is 0 Å². The molecule has 0 saturated heterocycles. The lowest BCUT2D eigenvalue weighted by Crippen LogP contribution is -1.98. The first-order chi connectivity index (χ1) is 16.0. The molecule has 0 radical (unpaired) electrons. The van der Waals surface area contributed by atoms with Gasteiger partial charge in [0.25, 0.3) is 0 Å². The molecule has 0 unspecified atom stereocenters. The number of benzene rings is 4. The second-order valence-corrected chi connectivity index (χ2v) is 8.22. The van der Waals surface area contributed by atoms with Gasteiger partial charge in [-0.25, -0.2) is 0 Å². The maximum Gasteiger partial charge on any atom is 0.201 e. The Bertz CT molecular complexity index is 1290. The fourth-order valence-electron chi connectivity index (χ4n) is 4.01. The molecule has 33 heavy (non-hydrogen) atoms. The van der Waals surface area contributed by atoms with Crippen molar-refractivity contribution in [2.45, 2.75) is 25.7 Å². The average molecular weight is 440 g/mol. The monoisotopic (exact) mass is 440 g/mol. The Morgan fingerprint density at radius 2 is 1.24 bits per heavy atom. The maximum absolute atomic E-state index is 10.5. The molecule has 0 aliphatic carbocycles. The maximum atomic E-state index is 10.5. The molecule has 5 heteroatoms. The van der Waals surface area contributed by atoms with Crippen molar-refractivity contribution in [1.29, 1.82) is 0 Å². The largest absolute Gasteiger partial charge is 0.504 e. The average Bonchev–Trinajstić information content (AvgIpc) is 2.83. The second-order valence-electron chi connectivity index (χ2n) is 8.22. The van der Waals surface area contributed by atoms with Crippen LogP contribution in [0.4, 0.5) is 0 Å². The number of phenols is 3. The molecule has 166 valence electrons. The number of rotatable bonds is 0. The number of hydrogen-bond acceptors (Lipinski definition) is 5. The van der Waals surface area contributed by atoms with Gasteiger partial charge in [0.2, 0.25) is 5.75 Å². The summed E-state index contributed by atoms with van der Waals surface area (Å²) in [6.45, 7) is 0. The lowest BCUT2D eigenvalue weighted by molar-refractivity contribution is 0.370. The van der Waals surface area contributed by atoms with Crippen LogP contribution in [0.3, 0.4) is 0 Å². The molecule has 4 aromatic carbocycles. The zero-order valence-corrected chi connectivity index (χ0v) is 18.0. The highest BCUT2D eigenvalue weighted by molar-refractivity contribution is 5.56. The van der Waals surface area contributed by atoms with Crippen LogP contribution in [0.25, 0.3) is 0 Å². The lowest BCUT2D eigenvalue weighted by atomic mass is 10.0. The Kier molecular flexibility index (Phi) is 5.53. The summed E-state index contributed by atoms with van der Waals surface area (Å²) in [6, 6.07) is 24.1. The summed E-state index contributed by atoms with van der Waals surface area (Å²) in [5, 5.41) is 30.8. The molecule has 0 amide bonds. The van der Waals surface area contributed by atoms with Gasteiger partial charge in [-0.2, -0.15) is 0 Å². The Labute approximate surface area is 192 Å². The highest BCUT2D eigenvalue weighted by Gasteiger charge is 2.16. The van der Waals surface area contributed by atoms with E-state index in [1.165, 1.54) is 6.07 Å². The van der Waals surface area contributed by atoms with E-state index in [1.807, 2.05) is 60.7 Å². The number of aromatic hydroxyl groups is 3. The summed E-state index contributed by atoms with van der Waals surface area (Å²) in [5.41, 5.74) is 4.00. The van der Waals surface area contributed by atoms with Crippen molar-refractivity contribution in [2.75, 3.05) is 0 Å². The van der Waals surface area contributed by atoms with Gasteiger partial charge in [-0.1, -0.05) is 36.4 Å². The lowest BCUT2D eigenvalue weighted by Gasteiger charge is -2.15. The predicted octanol–water partition coefficient (Wildman–Crippen LogP) is 6.27. The second kappa shape index (κ2) is 8.79. The van der Waals surface area contributed by atoms with E-state index in [-0.39, 0.29) is 23.0 Å². The molecule has 6 bridgehead atoms. The van der Waals surface area contributed by atoms with E-state index in [4.69, 9.17) is 9.47 Å². The van der Waals surface area contributed by atoms with Gasteiger partial charge in [-0.3, -0.25) is 0 Å². The first-order valence-corrected chi connectivity index (χ1v) is 10.9. The van der Waals surface area contributed by atoms with E-state index < -0.39 is 0 Å². The van der Waals surface area contributed by atoms with E-state index in [2.05, 4.69) is 0 Å². The van der Waals surface area contributed by atoms with Gasteiger partial charge in [0.05, 0.1) is 0 Å². The predicted molar refractivity (Wildman–Crippen MR) is 126 cm³/mol. The SMILES string of the molecule is Oc1ccc2cc1Oc1ccc(cc1)CCc1ccc(O)c(O)c1Oc1cccc(c1)CC2. The van der Waals surface area contributed by atoms with Crippen molar-refractivity contribution in [3.05, 3.63) is 101 Å². The summed E-state index contributed by atoms with van der Waals surface area (Å²) >= 11 is 0. The molecular formula is C28H24O5. The van der Waals surface area contributed by atoms with Crippen LogP contribution in [0.15, 0.2) is 78.9 Å². The van der Waals surface area contributed by atoms with Gasteiger partial charge >= 0.3 is 0 Å². The van der Waals surface area contributed by atoms with Crippen LogP contribution in [0.5, 0.6) is 40.2 Å². The highest BCUT2D eigenvalue weighted by Crippen LogP contribution is 2.41. The van der Waals surface area contributed by atoms with Crippen molar-refractivity contribution >= 4 is 0 Å². The minimum atomic E-state index is -0.257. The van der Waals surface area contributed by atoms with Crippen LogP contribution in [-0.4, -0.2) is 15.3 Å². The Morgan fingerprint density at radius 3 is 2.06 bits per heavy atom. The third kappa shape index (κ3) is 4.58. The van der Waals surface area contributed by atoms with E-state index in [0.717, 1.165) is 35.1 Å². The van der Waals surface area contributed by atoms with Crippen molar-refractivity contribution in [3.63, 3.8) is 0 Å². The number of fused-ring (bicyclic) bond motifs is 4. The molecular weight excluding hydrogens is 416 g/mol. The summed E-state index contributed by atoms with van der Waals surface area (Å²) in [6.07, 6.45) is 2.84. The molecule has 6 rings (SSSR count). The summed E-state index contributed by atoms with van der Waals surface area (Å²) in [5.74, 6) is 1.58. The molecule has 5 nitrogen and oxygen atoms in total. The van der Waals surface area contributed by atoms with Crippen molar-refractivity contribution in [1.82, 2.24) is 0 Å². The Hall–Kier alpha value is -4.12. The molecule has 0 saturated carbocycles. The van der Waals surface area contributed by atoms with Gasteiger partial charge in [-0.15, -0.1) is 0 Å². The van der Waals surface area contributed by atoms with Crippen molar-refractivity contribution in [3.8, 4) is 40.2 Å². The van der Waals surface area contributed by atoms with E-state index in [0.29, 0.717) is 30.1 Å². The number of aryl methyl sites for hydroxylation is 4. The Balaban J connectivity index is 1.55. The normalized spacial score (nSPS) is 13.2. The summed E-state index contributed by atoms with van der Waals surface area (Å²) < 4.78 is 12.0. The molecule has 2 heterocycles. The van der Waals surface area contributed by atoms with Crippen LogP contribution < -0.4 is 9.47 Å². The molecule has 0 aromatic heterocycles. The molecule has 0 spiro atoms. The molecule has 4 aromatic rings.